The smallest absolute Gasteiger partial charge is 0.329 e. The van der Waals surface area contributed by atoms with Crippen molar-refractivity contribution in [3.05, 3.63) is 63.6 Å². The number of piperidine rings is 2. The number of urea groups is 1. The highest BCUT2D eigenvalue weighted by Crippen LogP contribution is 2.40. The molecule has 1 N–H and O–H groups in total. The van der Waals surface area contributed by atoms with E-state index in [-0.39, 0.29) is 17.9 Å². The summed E-state index contributed by atoms with van der Waals surface area (Å²) in [6.45, 7) is 8.99. The van der Waals surface area contributed by atoms with Crippen LogP contribution < -0.4 is 30.1 Å². The van der Waals surface area contributed by atoms with Gasteiger partial charge in [-0.3, -0.25) is 29.4 Å². The summed E-state index contributed by atoms with van der Waals surface area (Å²) in [7, 11) is 7.14. The van der Waals surface area contributed by atoms with E-state index in [4.69, 9.17) is 14.6 Å². The van der Waals surface area contributed by atoms with Gasteiger partial charge in [-0.1, -0.05) is 6.07 Å². The van der Waals surface area contributed by atoms with Gasteiger partial charge in [-0.05, 0) is 99.8 Å². The zero-order valence-electron chi connectivity index (χ0n) is 30.6. The molecule has 0 saturated carbocycles. The average molecular weight is 696 g/mol. The molecule has 2 aromatic heterocycles. The number of ether oxygens (including phenoxy) is 2. The normalized spacial score (nSPS) is 18.1. The SMILES string of the molecule is COc1cc(-c2cn(C)c(=O)c(C)c2C)cc(OC)c1CN1CCC(C2CCN(c3cccc4c(N5CCC(=O)NC5=O)nn(C)c34)CC2)CC1. The number of methoxy groups -OCH3 is 2. The van der Waals surface area contributed by atoms with Crippen molar-refractivity contribution in [1.82, 2.24) is 24.6 Å². The van der Waals surface area contributed by atoms with Gasteiger partial charge in [0.05, 0.1) is 31.0 Å². The van der Waals surface area contributed by atoms with Crippen molar-refractivity contribution < 1.29 is 19.1 Å². The maximum atomic E-state index is 12.6. The van der Waals surface area contributed by atoms with Crippen LogP contribution in [0.25, 0.3) is 22.0 Å². The van der Waals surface area contributed by atoms with E-state index in [1.54, 1.807) is 30.7 Å². The number of aryl methyl sites for hydroxylation is 2. The molecule has 0 spiro atoms. The Morgan fingerprint density at radius 2 is 1.51 bits per heavy atom. The lowest BCUT2D eigenvalue weighted by Gasteiger charge is -2.41. The Balaban J connectivity index is 0.993. The summed E-state index contributed by atoms with van der Waals surface area (Å²) >= 11 is 0. The zero-order chi connectivity index (χ0) is 36.0. The van der Waals surface area contributed by atoms with E-state index in [0.717, 1.165) is 101 Å². The number of likely N-dealkylation sites (tertiary alicyclic amines) is 1. The molecular formula is C39H49N7O5. The highest BCUT2D eigenvalue weighted by molar-refractivity contribution is 6.10. The number of pyridine rings is 1. The number of fused-ring (bicyclic) bond motifs is 1. The summed E-state index contributed by atoms with van der Waals surface area (Å²) in [6.07, 6.45) is 6.80. The summed E-state index contributed by atoms with van der Waals surface area (Å²) in [4.78, 5) is 43.4. The first-order valence-corrected chi connectivity index (χ1v) is 18.0. The fourth-order valence-corrected chi connectivity index (χ4v) is 8.50. The maximum Gasteiger partial charge on any atom is 0.329 e. The number of hydrogen-bond acceptors (Lipinski definition) is 8. The first kappa shape index (κ1) is 34.6. The Labute approximate surface area is 298 Å². The maximum absolute atomic E-state index is 12.6. The van der Waals surface area contributed by atoms with Crippen LogP contribution in [-0.4, -0.2) is 78.1 Å². The molecule has 0 aliphatic carbocycles. The van der Waals surface area contributed by atoms with E-state index in [0.29, 0.717) is 24.2 Å². The van der Waals surface area contributed by atoms with Gasteiger partial charge >= 0.3 is 6.03 Å². The van der Waals surface area contributed by atoms with Crippen molar-refractivity contribution in [3.8, 4) is 22.6 Å². The molecule has 3 aliphatic rings. The highest BCUT2D eigenvalue weighted by atomic mass is 16.5. The molecule has 0 atom stereocenters. The number of rotatable bonds is 8. The first-order chi connectivity index (χ1) is 24.6. The van der Waals surface area contributed by atoms with Gasteiger partial charge in [0.2, 0.25) is 5.91 Å². The Hall–Kier alpha value is -4.84. The molecule has 3 amide bonds. The third-order valence-corrected chi connectivity index (χ3v) is 11.5. The molecule has 0 unspecified atom stereocenters. The highest BCUT2D eigenvalue weighted by Gasteiger charge is 2.33. The Bertz CT molecular complexity index is 2010. The first-order valence-electron chi connectivity index (χ1n) is 18.0. The second-order valence-corrected chi connectivity index (χ2v) is 14.4. The fourth-order valence-electron chi connectivity index (χ4n) is 8.50. The Kier molecular flexibility index (Phi) is 9.54. The molecule has 3 saturated heterocycles. The van der Waals surface area contributed by atoms with Crippen LogP contribution in [0.3, 0.4) is 0 Å². The molecule has 0 bridgehead atoms. The number of imide groups is 1. The van der Waals surface area contributed by atoms with Gasteiger partial charge in [-0.15, -0.1) is 0 Å². The van der Waals surface area contributed by atoms with Crippen LogP contribution in [0.1, 0.15) is 48.8 Å². The zero-order valence-corrected chi connectivity index (χ0v) is 30.6. The van der Waals surface area contributed by atoms with Crippen LogP contribution in [0.2, 0.25) is 0 Å². The summed E-state index contributed by atoms with van der Waals surface area (Å²) in [5.74, 6) is 3.34. The number of anilines is 2. The van der Waals surface area contributed by atoms with Gasteiger partial charge in [0, 0.05) is 69.4 Å². The average Bonchev–Trinajstić information content (AvgIpc) is 3.48. The summed E-state index contributed by atoms with van der Waals surface area (Å²) in [5, 5.41) is 8.08. The molecule has 3 aliphatic heterocycles. The van der Waals surface area contributed by atoms with Crippen molar-refractivity contribution in [2.24, 2.45) is 25.9 Å². The molecule has 2 aromatic carbocycles. The number of para-hydroxylation sites is 1. The minimum atomic E-state index is -0.414. The minimum Gasteiger partial charge on any atom is -0.496 e. The molecule has 12 nitrogen and oxygen atoms in total. The molecule has 12 heteroatoms. The minimum absolute atomic E-state index is 0.0173. The lowest BCUT2D eigenvalue weighted by atomic mass is 9.78. The molecule has 3 fully saturated rings. The Morgan fingerprint density at radius 3 is 2.14 bits per heavy atom. The number of nitrogens with zero attached hydrogens (tertiary/aromatic N) is 6. The van der Waals surface area contributed by atoms with Crippen LogP contribution in [-0.2, 0) is 25.4 Å². The van der Waals surface area contributed by atoms with E-state index in [1.807, 2.05) is 43.9 Å². The quantitative estimate of drug-likeness (QED) is 0.270. The van der Waals surface area contributed by atoms with Gasteiger partial charge in [-0.25, -0.2) is 4.79 Å². The van der Waals surface area contributed by atoms with Gasteiger partial charge in [-0.2, -0.15) is 5.10 Å². The van der Waals surface area contributed by atoms with Crippen molar-refractivity contribution in [3.63, 3.8) is 0 Å². The molecule has 5 heterocycles. The van der Waals surface area contributed by atoms with E-state index >= 15 is 0 Å². The predicted octanol–water partition coefficient (Wildman–Crippen LogP) is 5.15. The van der Waals surface area contributed by atoms with Crippen LogP contribution in [0.15, 0.2) is 41.3 Å². The number of aromatic nitrogens is 3. The summed E-state index contributed by atoms with van der Waals surface area (Å²) in [5.41, 5.74) is 6.91. The number of hydrogen-bond donors (Lipinski definition) is 1. The number of benzene rings is 2. The molecule has 7 rings (SSSR count). The molecule has 51 heavy (non-hydrogen) atoms. The number of nitrogens with one attached hydrogen (secondary N) is 1. The number of carbonyl (C=O) groups excluding carboxylic acids is 2. The van der Waals surface area contributed by atoms with Gasteiger partial charge in [0.25, 0.3) is 5.56 Å². The Morgan fingerprint density at radius 1 is 0.863 bits per heavy atom. The molecule has 0 radical (unpaired) electrons. The van der Waals surface area contributed by atoms with Gasteiger partial charge < -0.3 is 18.9 Å². The molecule has 4 aromatic rings. The monoisotopic (exact) mass is 695 g/mol. The van der Waals surface area contributed by atoms with Crippen molar-refractivity contribution in [1.29, 1.82) is 0 Å². The predicted molar refractivity (Wildman–Crippen MR) is 199 cm³/mol. The van der Waals surface area contributed by atoms with Crippen LogP contribution in [0.4, 0.5) is 16.3 Å². The van der Waals surface area contributed by atoms with E-state index in [2.05, 4.69) is 33.3 Å². The lowest BCUT2D eigenvalue weighted by Crippen LogP contribution is -2.49. The van der Waals surface area contributed by atoms with Crippen molar-refractivity contribution >= 4 is 34.3 Å². The standard InChI is InChI=1S/C39H49N7O5/c1-24-25(2)38(48)42(3)22-30(24)28-20-33(50-5)31(34(21-28)51-6)23-44-15-10-26(11-16-44)27-12-17-45(18-13-27)32-9-7-8-29-36(32)43(4)41-37(29)46-19-14-35(47)40-39(46)49/h7-9,20-22,26-27H,10-19,23H2,1-6H3,(H,40,47,49). The molecular weight excluding hydrogens is 646 g/mol. The number of amides is 3. The van der Waals surface area contributed by atoms with Crippen LogP contribution in [0, 0.1) is 25.7 Å². The van der Waals surface area contributed by atoms with Crippen LogP contribution >= 0.6 is 0 Å². The second kappa shape index (κ2) is 14.1. The van der Waals surface area contributed by atoms with E-state index in [1.165, 1.54) is 12.8 Å². The largest absolute Gasteiger partial charge is 0.496 e. The van der Waals surface area contributed by atoms with E-state index in [9.17, 15) is 14.4 Å². The van der Waals surface area contributed by atoms with E-state index < -0.39 is 6.03 Å². The third kappa shape index (κ3) is 6.45. The fraction of sp³-hybridized carbons (Fsp3) is 0.487. The lowest BCUT2D eigenvalue weighted by molar-refractivity contribution is -0.120. The topological polar surface area (TPSA) is 114 Å². The summed E-state index contributed by atoms with van der Waals surface area (Å²) in [6, 6.07) is 9.95. The van der Waals surface area contributed by atoms with Crippen molar-refractivity contribution in [2.75, 3.05) is 56.7 Å². The summed E-state index contributed by atoms with van der Waals surface area (Å²) < 4.78 is 15.4. The van der Waals surface area contributed by atoms with Gasteiger partial charge in [0.1, 0.15) is 11.5 Å². The second-order valence-electron chi connectivity index (χ2n) is 14.4. The van der Waals surface area contributed by atoms with Gasteiger partial charge in [0.15, 0.2) is 5.82 Å². The van der Waals surface area contributed by atoms with Crippen LogP contribution in [0.5, 0.6) is 11.5 Å². The molecule has 270 valence electrons. The third-order valence-electron chi connectivity index (χ3n) is 11.5. The van der Waals surface area contributed by atoms with Crippen molar-refractivity contribution in [2.45, 2.75) is 52.5 Å². The number of carbonyl (C=O) groups is 2.